The number of hydrogen-bond donors (Lipinski definition) is 3. The summed E-state index contributed by atoms with van der Waals surface area (Å²) in [5.74, 6) is -0.269. The molecule has 0 unspecified atom stereocenters. The van der Waals surface area contributed by atoms with Gasteiger partial charge in [0, 0.05) is 12.7 Å². The number of nitrogens with two attached hydrogens (primary N) is 1. The number of nitrogens with zero attached hydrogens (tertiary/aromatic N) is 2. The lowest BCUT2D eigenvalue weighted by molar-refractivity contribution is -0.118. The number of anilines is 1. The Morgan fingerprint density at radius 2 is 2.05 bits per heavy atom. The van der Waals surface area contributed by atoms with Gasteiger partial charge in [-0.2, -0.15) is 5.10 Å². The van der Waals surface area contributed by atoms with Crippen LogP contribution in [0.4, 0.5) is 5.69 Å². The first-order valence-corrected chi connectivity index (χ1v) is 7.26. The van der Waals surface area contributed by atoms with E-state index < -0.39 is 5.91 Å². The highest BCUT2D eigenvalue weighted by atomic mass is 79.9. The molecule has 20 heavy (non-hydrogen) atoms. The average Bonchev–Trinajstić information content (AvgIpc) is 2.80. The number of aromatic hydroxyl groups is 1. The Hall–Kier alpha value is -1.54. The quantitative estimate of drug-likeness (QED) is 0.713. The van der Waals surface area contributed by atoms with Crippen molar-refractivity contribution in [2.24, 2.45) is 5.73 Å². The van der Waals surface area contributed by atoms with Gasteiger partial charge in [0.1, 0.15) is 12.3 Å². The summed E-state index contributed by atoms with van der Waals surface area (Å²) in [7, 11) is 0. The maximum Gasteiger partial charge on any atom is 0.239 e. The number of phenolic OH excluding ortho intramolecular Hbond substituents is 1. The standard InChI is InChI=1S/C12H12Br2N4O2/c13-9-1-7(2-10(14)12(9)20)3-16-8-4-17-18(5-8)6-11(15)19/h1-2,4-5,16,20H,3,6H2,(H2,15,19). The summed E-state index contributed by atoms with van der Waals surface area (Å²) in [5.41, 5.74) is 6.85. The number of rotatable bonds is 5. The Morgan fingerprint density at radius 1 is 1.40 bits per heavy atom. The molecular formula is C12H12Br2N4O2. The smallest absolute Gasteiger partial charge is 0.239 e. The first kappa shape index (κ1) is 14.9. The number of amides is 1. The van der Waals surface area contributed by atoms with Gasteiger partial charge < -0.3 is 16.2 Å². The van der Waals surface area contributed by atoms with Crippen molar-refractivity contribution in [1.82, 2.24) is 9.78 Å². The van der Waals surface area contributed by atoms with Crippen LogP contribution in [0.15, 0.2) is 33.5 Å². The highest BCUT2D eigenvalue weighted by molar-refractivity contribution is 9.11. The predicted octanol–water partition coefficient (Wildman–Crippen LogP) is 2.21. The number of carbonyl (C=O) groups is 1. The van der Waals surface area contributed by atoms with Gasteiger partial charge in [-0.25, -0.2) is 0 Å². The van der Waals surface area contributed by atoms with E-state index >= 15 is 0 Å². The first-order chi connectivity index (χ1) is 9.45. The Balaban J connectivity index is 2.02. The van der Waals surface area contributed by atoms with Crippen LogP contribution in [0.2, 0.25) is 0 Å². The van der Waals surface area contributed by atoms with E-state index in [9.17, 15) is 9.90 Å². The fourth-order valence-electron chi connectivity index (χ4n) is 1.63. The molecule has 0 aliphatic rings. The number of aromatic nitrogens is 2. The van der Waals surface area contributed by atoms with E-state index in [1.807, 2.05) is 12.1 Å². The zero-order chi connectivity index (χ0) is 14.7. The normalized spacial score (nSPS) is 10.5. The highest BCUT2D eigenvalue weighted by Gasteiger charge is 2.06. The van der Waals surface area contributed by atoms with Crippen LogP contribution in [0.5, 0.6) is 5.75 Å². The van der Waals surface area contributed by atoms with Gasteiger partial charge in [-0.1, -0.05) is 0 Å². The van der Waals surface area contributed by atoms with E-state index in [2.05, 4.69) is 42.3 Å². The number of benzene rings is 1. The van der Waals surface area contributed by atoms with Gasteiger partial charge in [0.05, 0.1) is 20.8 Å². The van der Waals surface area contributed by atoms with Gasteiger partial charge in [0.15, 0.2) is 0 Å². The Bertz CT molecular complexity index is 619. The highest BCUT2D eigenvalue weighted by Crippen LogP contribution is 2.33. The van der Waals surface area contributed by atoms with E-state index in [-0.39, 0.29) is 12.3 Å². The third kappa shape index (κ3) is 3.73. The van der Waals surface area contributed by atoms with Gasteiger partial charge in [-0.05, 0) is 49.6 Å². The lowest BCUT2D eigenvalue weighted by Gasteiger charge is -2.07. The lowest BCUT2D eigenvalue weighted by Crippen LogP contribution is -2.18. The van der Waals surface area contributed by atoms with Crippen LogP contribution < -0.4 is 11.1 Å². The third-order valence-electron chi connectivity index (χ3n) is 2.52. The lowest BCUT2D eigenvalue weighted by atomic mass is 10.2. The van der Waals surface area contributed by atoms with Crippen molar-refractivity contribution in [1.29, 1.82) is 0 Å². The second kappa shape index (κ2) is 6.27. The molecule has 2 aromatic rings. The zero-order valence-corrected chi connectivity index (χ0v) is 13.5. The number of nitrogens with one attached hydrogen (secondary N) is 1. The van der Waals surface area contributed by atoms with Crippen molar-refractivity contribution in [2.75, 3.05) is 5.32 Å². The molecule has 1 amide bonds. The summed E-state index contributed by atoms with van der Waals surface area (Å²) in [5, 5.41) is 16.8. The zero-order valence-electron chi connectivity index (χ0n) is 10.3. The minimum atomic E-state index is -0.439. The van der Waals surface area contributed by atoms with Gasteiger partial charge in [0.25, 0.3) is 0 Å². The largest absolute Gasteiger partial charge is 0.506 e. The molecule has 0 bridgehead atoms. The number of halogens is 2. The molecule has 1 aromatic carbocycles. The molecule has 1 heterocycles. The molecule has 0 fully saturated rings. The minimum absolute atomic E-state index is 0.0536. The molecule has 0 aliphatic carbocycles. The monoisotopic (exact) mass is 402 g/mol. The fraction of sp³-hybridized carbons (Fsp3) is 0.167. The van der Waals surface area contributed by atoms with Crippen molar-refractivity contribution in [3.05, 3.63) is 39.0 Å². The summed E-state index contributed by atoms with van der Waals surface area (Å²) in [6.45, 7) is 0.609. The molecule has 0 radical (unpaired) electrons. The summed E-state index contributed by atoms with van der Waals surface area (Å²) >= 11 is 6.56. The summed E-state index contributed by atoms with van der Waals surface area (Å²) in [6.07, 6.45) is 3.32. The van der Waals surface area contributed by atoms with E-state index in [0.29, 0.717) is 15.5 Å². The molecule has 0 saturated carbocycles. The van der Waals surface area contributed by atoms with Crippen LogP contribution in [0.1, 0.15) is 5.56 Å². The molecule has 0 spiro atoms. The fourth-order valence-corrected chi connectivity index (χ4v) is 2.91. The van der Waals surface area contributed by atoms with Gasteiger partial charge in [0.2, 0.25) is 5.91 Å². The topological polar surface area (TPSA) is 93.2 Å². The Morgan fingerprint density at radius 3 is 2.65 bits per heavy atom. The summed E-state index contributed by atoms with van der Waals surface area (Å²) < 4.78 is 2.70. The van der Waals surface area contributed by atoms with Crippen LogP contribution in [0.25, 0.3) is 0 Å². The molecule has 2 rings (SSSR count). The predicted molar refractivity (Wildman–Crippen MR) is 82.3 cm³/mol. The third-order valence-corrected chi connectivity index (χ3v) is 3.73. The molecule has 4 N–H and O–H groups in total. The van der Waals surface area contributed by atoms with Crippen LogP contribution >= 0.6 is 31.9 Å². The minimum Gasteiger partial charge on any atom is -0.506 e. The molecule has 0 aliphatic heterocycles. The van der Waals surface area contributed by atoms with E-state index in [1.165, 1.54) is 4.68 Å². The second-order valence-electron chi connectivity index (χ2n) is 4.15. The van der Waals surface area contributed by atoms with Crippen LogP contribution in [-0.4, -0.2) is 20.8 Å². The number of primary amides is 1. The van der Waals surface area contributed by atoms with Crippen molar-refractivity contribution in [2.45, 2.75) is 13.1 Å². The molecule has 0 saturated heterocycles. The second-order valence-corrected chi connectivity index (χ2v) is 5.86. The SMILES string of the molecule is NC(=O)Cn1cc(NCc2cc(Br)c(O)c(Br)c2)cn1. The van der Waals surface area contributed by atoms with Crippen LogP contribution in [-0.2, 0) is 17.9 Å². The van der Waals surface area contributed by atoms with Crippen molar-refractivity contribution in [3.8, 4) is 5.75 Å². The Kier molecular flexibility index (Phi) is 4.66. The molecule has 106 valence electrons. The summed E-state index contributed by atoms with van der Waals surface area (Å²) in [4.78, 5) is 10.8. The molecular weight excluding hydrogens is 392 g/mol. The maximum absolute atomic E-state index is 10.8. The van der Waals surface area contributed by atoms with Gasteiger partial charge in [-0.15, -0.1) is 0 Å². The molecule has 0 atom stereocenters. The van der Waals surface area contributed by atoms with Gasteiger partial charge in [-0.3, -0.25) is 9.48 Å². The first-order valence-electron chi connectivity index (χ1n) is 5.67. The van der Waals surface area contributed by atoms with Gasteiger partial charge >= 0.3 is 0 Å². The molecule has 8 heteroatoms. The van der Waals surface area contributed by atoms with E-state index in [1.54, 1.807) is 12.4 Å². The van der Waals surface area contributed by atoms with Crippen LogP contribution in [0.3, 0.4) is 0 Å². The number of hydrogen-bond acceptors (Lipinski definition) is 4. The molecule has 1 aromatic heterocycles. The van der Waals surface area contributed by atoms with Crippen molar-refractivity contribution < 1.29 is 9.90 Å². The number of carbonyl (C=O) groups excluding carboxylic acids is 1. The van der Waals surface area contributed by atoms with E-state index in [0.717, 1.165) is 11.3 Å². The molecule has 6 nitrogen and oxygen atoms in total. The van der Waals surface area contributed by atoms with Crippen molar-refractivity contribution >= 4 is 43.5 Å². The van der Waals surface area contributed by atoms with Crippen molar-refractivity contribution in [3.63, 3.8) is 0 Å². The number of phenols is 1. The van der Waals surface area contributed by atoms with E-state index in [4.69, 9.17) is 5.73 Å². The maximum atomic E-state index is 10.8. The average molecular weight is 404 g/mol. The van der Waals surface area contributed by atoms with Crippen LogP contribution in [0, 0.1) is 0 Å². The Labute approximate surface area is 132 Å². The summed E-state index contributed by atoms with van der Waals surface area (Å²) in [6, 6.07) is 3.64.